The first-order chi connectivity index (χ1) is 8.67. The summed E-state index contributed by atoms with van der Waals surface area (Å²) in [6.07, 6.45) is 7.94. The third-order valence-electron chi connectivity index (χ3n) is 4.36. The quantitative estimate of drug-likeness (QED) is 0.435. The van der Waals surface area contributed by atoms with Crippen LogP contribution in [0.3, 0.4) is 0 Å². The molecular formula is C14H17NO3. The number of hydrogen-bond donors (Lipinski definition) is 0. The minimum Gasteiger partial charge on any atom is -0.466 e. The van der Waals surface area contributed by atoms with Gasteiger partial charge in [-0.15, -0.1) is 0 Å². The predicted octanol–water partition coefficient (Wildman–Crippen LogP) is 2.01. The molecule has 1 saturated heterocycles. The summed E-state index contributed by atoms with van der Waals surface area (Å²) >= 11 is 0. The van der Waals surface area contributed by atoms with E-state index in [4.69, 9.17) is 9.47 Å². The van der Waals surface area contributed by atoms with E-state index in [9.17, 15) is 4.79 Å². The third-order valence-corrected chi connectivity index (χ3v) is 4.36. The highest BCUT2D eigenvalue weighted by atomic mass is 16.6. The summed E-state index contributed by atoms with van der Waals surface area (Å²) < 4.78 is 10.4. The van der Waals surface area contributed by atoms with Crippen LogP contribution in [-0.4, -0.2) is 31.5 Å². The van der Waals surface area contributed by atoms with Crippen molar-refractivity contribution in [2.45, 2.75) is 37.9 Å². The fourth-order valence-corrected chi connectivity index (χ4v) is 3.19. The third kappa shape index (κ3) is 1.63. The summed E-state index contributed by atoms with van der Waals surface area (Å²) in [5.41, 5.74) is 1.42. The first kappa shape index (κ1) is 11.7. The Kier molecular flexibility index (Phi) is 2.63. The van der Waals surface area contributed by atoms with Gasteiger partial charge >= 0.3 is 5.97 Å². The number of methoxy groups -OCH3 is 1. The number of carbonyl (C=O) groups is 1. The highest BCUT2D eigenvalue weighted by Gasteiger charge is 2.54. The molecule has 2 fully saturated rings. The highest BCUT2D eigenvalue weighted by molar-refractivity contribution is 5.90. The first-order valence-electron chi connectivity index (χ1n) is 6.32. The van der Waals surface area contributed by atoms with Gasteiger partial charge in [-0.3, -0.25) is 4.99 Å². The predicted molar refractivity (Wildman–Crippen MR) is 67.3 cm³/mol. The fourth-order valence-electron chi connectivity index (χ4n) is 3.19. The van der Waals surface area contributed by atoms with E-state index in [0.29, 0.717) is 11.7 Å². The number of allylic oxidation sites excluding steroid dienone is 1. The summed E-state index contributed by atoms with van der Waals surface area (Å²) in [4.78, 5) is 16.0. The Morgan fingerprint density at radius 2 is 2.44 bits per heavy atom. The maximum Gasteiger partial charge on any atom is 0.334 e. The second-order valence-electron chi connectivity index (χ2n) is 5.20. The van der Waals surface area contributed by atoms with Crippen molar-refractivity contribution in [3.05, 3.63) is 23.9 Å². The standard InChI is InChI=1S/C14H17NO3/c1-9(13(16)17-2)14(10-4-6-15-8-10)5-3-11-12(7-14)18-11/h6,8,11-12H,1,3-5,7H2,2H3. The van der Waals surface area contributed by atoms with Gasteiger partial charge in [0.25, 0.3) is 0 Å². The molecule has 3 atom stereocenters. The Bertz CT molecular complexity index is 466. The van der Waals surface area contributed by atoms with Gasteiger partial charge in [0.05, 0.1) is 19.3 Å². The van der Waals surface area contributed by atoms with Gasteiger partial charge < -0.3 is 9.47 Å². The summed E-state index contributed by atoms with van der Waals surface area (Å²) in [7, 11) is 1.40. The molecule has 18 heavy (non-hydrogen) atoms. The van der Waals surface area contributed by atoms with Crippen molar-refractivity contribution in [2.75, 3.05) is 7.11 Å². The normalized spacial score (nSPS) is 36.8. The largest absolute Gasteiger partial charge is 0.466 e. The van der Waals surface area contributed by atoms with Crippen LogP contribution in [0.1, 0.15) is 25.7 Å². The van der Waals surface area contributed by atoms with Gasteiger partial charge in [0.1, 0.15) is 0 Å². The van der Waals surface area contributed by atoms with E-state index in [1.165, 1.54) is 12.7 Å². The minimum atomic E-state index is -0.318. The van der Waals surface area contributed by atoms with Crippen LogP contribution in [-0.2, 0) is 14.3 Å². The van der Waals surface area contributed by atoms with E-state index in [2.05, 4.69) is 11.6 Å². The number of epoxide rings is 1. The summed E-state index contributed by atoms with van der Waals surface area (Å²) in [5.74, 6) is -0.318. The van der Waals surface area contributed by atoms with Gasteiger partial charge in [-0.05, 0) is 24.8 Å². The van der Waals surface area contributed by atoms with Crippen molar-refractivity contribution in [1.29, 1.82) is 0 Å². The molecule has 0 aromatic heterocycles. The molecule has 0 N–H and O–H groups in total. The van der Waals surface area contributed by atoms with Crippen molar-refractivity contribution < 1.29 is 14.3 Å². The lowest BCUT2D eigenvalue weighted by Gasteiger charge is -2.37. The van der Waals surface area contributed by atoms with Crippen molar-refractivity contribution in [3.8, 4) is 0 Å². The molecule has 4 heteroatoms. The Morgan fingerprint density at radius 1 is 1.61 bits per heavy atom. The van der Waals surface area contributed by atoms with Gasteiger partial charge in [-0.25, -0.2) is 4.79 Å². The molecule has 0 aromatic rings. The number of aliphatic imine (C=N–C) groups is 1. The molecular weight excluding hydrogens is 230 g/mol. The maximum absolute atomic E-state index is 11.9. The number of carbonyl (C=O) groups excluding carboxylic acids is 1. The minimum absolute atomic E-state index is 0.279. The van der Waals surface area contributed by atoms with E-state index in [1.54, 1.807) is 0 Å². The van der Waals surface area contributed by atoms with Crippen molar-refractivity contribution >= 4 is 12.2 Å². The van der Waals surface area contributed by atoms with E-state index in [1.807, 2.05) is 12.4 Å². The van der Waals surface area contributed by atoms with Crippen LogP contribution in [0.25, 0.3) is 0 Å². The van der Waals surface area contributed by atoms with Crippen LogP contribution in [0.15, 0.2) is 28.9 Å². The summed E-state index contributed by atoms with van der Waals surface area (Å²) in [5, 5.41) is 0. The lowest BCUT2D eigenvalue weighted by atomic mass is 9.64. The van der Waals surface area contributed by atoms with Crippen LogP contribution in [0.2, 0.25) is 0 Å². The summed E-state index contributed by atoms with van der Waals surface area (Å²) in [6, 6.07) is 0. The van der Waals surface area contributed by atoms with Crippen molar-refractivity contribution in [2.24, 2.45) is 10.4 Å². The second-order valence-corrected chi connectivity index (χ2v) is 5.20. The lowest BCUT2D eigenvalue weighted by molar-refractivity contribution is -0.137. The number of nitrogens with zero attached hydrogens (tertiary/aromatic N) is 1. The molecule has 1 saturated carbocycles. The van der Waals surface area contributed by atoms with Crippen LogP contribution in [0.4, 0.5) is 0 Å². The molecule has 2 heterocycles. The molecule has 0 aromatic carbocycles. The van der Waals surface area contributed by atoms with Gasteiger partial charge in [0.2, 0.25) is 0 Å². The van der Waals surface area contributed by atoms with E-state index in [0.717, 1.165) is 25.7 Å². The van der Waals surface area contributed by atoms with E-state index in [-0.39, 0.29) is 17.5 Å². The Morgan fingerprint density at radius 3 is 3.06 bits per heavy atom. The molecule has 1 aliphatic carbocycles. The monoisotopic (exact) mass is 247 g/mol. The topological polar surface area (TPSA) is 51.2 Å². The molecule has 96 valence electrons. The Labute approximate surface area is 106 Å². The molecule has 0 radical (unpaired) electrons. The summed E-state index contributed by atoms with van der Waals surface area (Å²) in [6.45, 7) is 3.99. The van der Waals surface area contributed by atoms with Crippen LogP contribution in [0.5, 0.6) is 0 Å². The van der Waals surface area contributed by atoms with E-state index >= 15 is 0 Å². The molecule has 0 spiro atoms. The van der Waals surface area contributed by atoms with Crippen LogP contribution < -0.4 is 0 Å². The molecule has 3 aliphatic rings. The highest BCUT2D eigenvalue weighted by Crippen LogP contribution is 2.54. The van der Waals surface area contributed by atoms with Gasteiger partial charge in [-0.2, -0.15) is 0 Å². The fraction of sp³-hybridized carbons (Fsp3) is 0.571. The molecule has 3 rings (SSSR count). The van der Waals surface area contributed by atoms with Gasteiger partial charge in [0, 0.05) is 29.8 Å². The van der Waals surface area contributed by atoms with E-state index < -0.39 is 0 Å². The maximum atomic E-state index is 11.9. The number of hydrogen-bond acceptors (Lipinski definition) is 4. The number of ether oxygens (including phenoxy) is 2. The molecule has 4 nitrogen and oxygen atoms in total. The molecule has 3 unspecified atom stereocenters. The second kappa shape index (κ2) is 4.05. The Hall–Kier alpha value is -1.42. The van der Waals surface area contributed by atoms with Crippen LogP contribution in [0, 0.1) is 5.41 Å². The number of rotatable bonds is 3. The van der Waals surface area contributed by atoms with Gasteiger partial charge in [-0.1, -0.05) is 6.58 Å². The zero-order valence-corrected chi connectivity index (χ0v) is 10.5. The Balaban J connectivity index is 1.92. The number of esters is 1. The first-order valence-corrected chi connectivity index (χ1v) is 6.32. The van der Waals surface area contributed by atoms with Crippen molar-refractivity contribution in [3.63, 3.8) is 0 Å². The molecule has 0 bridgehead atoms. The number of fused-ring (bicyclic) bond motifs is 1. The molecule has 2 aliphatic heterocycles. The average molecular weight is 247 g/mol. The van der Waals surface area contributed by atoms with Crippen molar-refractivity contribution in [1.82, 2.24) is 0 Å². The average Bonchev–Trinajstić information content (AvgIpc) is 2.94. The zero-order chi connectivity index (χ0) is 12.8. The van der Waals surface area contributed by atoms with Crippen LogP contribution >= 0.6 is 0 Å². The van der Waals surface area contributed by atoms with Gasteiger partial charge in [0.15, 0.2) is 0 Å². The SMILES string of the molecule is C=C(C(=O)OC)C1(C2=CN=CC2)CCC2OC2C1. The zero-order valence-electron chi connectivity index (χ0n) is 10.5. The molecule has 0 amide bonds. The lowest BCUT2D eigenvalue weighted by Crippen LogP contribution is -2.35. The smallest absolute Gasteiger partial charge is 0.334 e.